The van der Waals surface area contributed by atoms with Crippen molar-refractivity contribution < 1.29 is 0 Å². The van der Waals surface area contributed by atoms with Gasteiger partial charge in [0.25, 0.3) is 0 Å². The van der Waals surface area contributed by atoms with Gasteiger partial charge in [0.2, 0.25) is 0 Å². The lowest BCUT2D eigenvalue weighted by atomic mass is 9.75. The summed E-state index contributed by atoms with van der Waals surface area (Å²) in [7, 11) is 0. The average molecular weight is 523 g/mol. The first-order chi connectivity index (χ1) is 20.3. The highest BCUT2D eigenvalue weighted by atomic mass is 15.0. The third-order valence-corrected chi connectivity index (χ3v) is 8.60. The number of para-hydroxylation sites is 2. The molecular formula is C39H26N2. The lowest BCUT2D eigenvalue weighted by Gasteiger charge is -2.29. The maximum absolute atomic E-state index is 9.48. The smallest absolute Gasteiger partial charge is 0.0991 e. The fourth-order valence-electron chi connectivity index (χ4n) is 6.69. The van der Waals surface area contributed by atoms with E-state index in [4.69, 9.17) is 0 Å². The van der Waals surface area contributed by atoms with Gasteiger partial charge in [-0.15, -0.1) is 0 Å². The molecule has 8 rings (SSSR count). The molecule has 0 spiro atoms. The molecule has 1 aliphatic carbocycles. The van der Waals surface area contributed by atoms with E-state index in [9.17, 15) is 5.26 Å². The first kappa shape index (κ1) is 23.5. The highest BCUT2D eigenvalue weighted by Crippen LogP contribution is 2.44. The van der Waals surface area contributed by atoms with Crippen LogP contribution in [0.15, 0.2) is 140 Å². The molecule has 0 radical (unpaired) electrons. The van der Waals surface area contributed by atoms with Crippen LogP contribution in [0.25, 0.3) is 49.7 Å². The molecule has 0 amide bonds. The Balaban J connectivity index is 1.26. The molecule has 6 aromatic carbocycles. The van der Waals surface area contributed by atoms with Gasteiger partial charge in [-0.1, -0.05) is 91.0 Å². The van der Waals surface area contributed by atoms with Crippen molar-refractivity contribution in [2.24, 2.45) is 0 Å². The number of fused-ring (bicyclic) bond motifs is 6. The molecule has 1 unspecified atom stereocenters. The SMILES string of the molecule is N#Cc1cccc(C2Cc3ccc(-c4ccc5c(c4)c4ccccc4n5-c4ccccc4)cc3-c3ccccc32)c1. The normalized spacial score (nSPS) is 14.0. The van der Waals surface area contributed by atoms with E-state index in [1.165, 1.54) is 66.4 Å². The van der Waals surface area contributed by atoms with Gasteiger partial charge < -0.3 is 4.57 Å². The largest absolute Gasteiger partial charge is 0.309 e. The number of rotatable bonds is 3. The average Bonchev–Trinajstić information content (AvgIpc) is 3.38. The van der Waals surface area contributed by atoms with E-state index in [0.717, 1.165) is 6.42 Å². The molecule has 192 valence electrons. The molecule has 0 N–H and O–H groups in total. The van der Waals surface area contributed by atoms with Crippen molar-refractivity contribution in [1.82, 2.24) is 4.57 Å². The molecule has 0 aliphatic heterocycles. The Morgan fingerprint density at radius 3 is 2.24 bits per heavy atom. The molecule has 0 bridgehead atoms. The third-order valence-electron chi connectivity index (χ3n) is 8.60. The summed E-state index contributed by atoms with van der Waals surface area (Å²) in [5.41, 5.74) is 13.2. The summed E-state index contributed by atoms with van der Waals surface area (Å²) in [4.78, 5) is 0. The van der Waals surface area contributed by atoms with E-state index in [0.29, 0.717) is 5.56 Å². The summed E-state index contributed by atoms with van der Waals surface area (Å²) in [5, 5.41) is 12.0. The van der Waals surface area contributed by atoms with Crippen LogP contribution >= 0.6 is 0 Å². The van der Waals surface area contributed by atoms with Crippen LogP contribution in [0.2, 0.25) is 0 Å². The van der Waals surface area contributed by atoms with Crippen molar-refractivity contribution in [2.45, 2.75) is 12.3 Å². The number of aromatic nitrogens is 1. The Kier molecular flexibility index (Phi) is 5.37. The summed E-state index contributed by atoms with van der Waals surface area (Å²) >= 11 is 0. The molecule has 7 aromatic rings. The molecule has 1 aliphatic rings. The second-order valence-corrected chi connectivity index (χ2v) is 10.9. The molecule has 2 heteroatoms. The minimum absolute atomic E-state index is 0.235. The van der Waals surface area contributed by atoms with Crippen molar-refractivity contribution in [3.8, 4) is 34.0 Å². The van der Waals surface area contributed by atoms with E-state index in [-0.39, 0.29) is 5.92 Å². The summed E-state index contributed by atoms with van der Waals surface area (Å²) in [6, 6.07) is 52.2. The van der Waals surface area contributed by atoms with Gasteiger partial charge in [0, 0.05) is 22.4 Å². The fraction of sp³-hybridized carbons (Fsp3) is 0.0513. The van der Waals surface area contributed by atoms with Gasteiger partial charge in [0.05, 0.1) is 22.7 Å². The van der Waals surface area contributed by atoms with Gasteiger partial charge in [0.15, 0.2) is 0 Å². The lowest BCUT2D eigenvalue weighted by molar-refractivity contribution is 0.793. The predicted octanol–water partition coefficient (Wildman–Crippen LogP) is 9.68. The van der Waals surface area contributed by atoms with Crippen LogP contribution in [-0.2, 0) is 6.42 Å². The zero-order valence-corrected chi connectivity index (χ0v) is 22.5. The third kappa shape index (κ3) is 3.78. The second-order valence-electron chi connectivity index (χ2n) is 10.9. The van der Waals surface area contributed by atoms with E-state index in [1.807, 2.05) is 18.2 Å². The Labute approximate surface area is 239 Å². The first-order valence-electron chi connectivity index (χ1n) is 14.1. The Morgan fingerprint density at radius 1 is 0.585 bits per heavy atom. The Morgan fingerprint density at radius 2 is 1.34 bits per heavy atom. The van der Waals surface area contributed by atoms with Crippen LogP contribution in [0.5, 0.6) is 0 Å². The van der Waals surface area contributed by atoms with Crippen molar-refractivity contribution in [3.63, 3.8) is 0 Å². The summed E-state index contributed by atoms with van der Waals surface area (Å²) < 4.78 is 2.36. The van der Waals surface area contributed by atoms with Crippen LogP contribution in [-0.4, -0.2) is 4.57 Å². The molecule has 41 heavy (non-hydrogen) atoms. The van der Waals surface area contributed by atoms with Gasteiger partial charge in [-0.2, -0.15) is 5.26 Å². The summed E-state index contributed by atoms with van der Waals surface area (Å²) in [5.74, 6) is 0.235. The van der Waals surface area contributed by atoms with Crippen LogP contribution in [0.3, 0.4) is 0 Å². The molecule has 1 aromatic heterocycles. The molecule has 1 atom stereocenters. The van der Waals surface area contributed by atoms with Crippen molar-refractivity contribution >= 4 is 21.8 Å². The van der Waals surface area contributed by atoms with E-state index < -0.39 is 0 Å². The predicted molar refractivity (Wildman–Crippen MR) is 168 cm³/mol. The van der Waals surface area contributed by atoms with Gasteiger partial charge in [-0.05, 0) is 93.9 Å². The monoisotopic (exact) mass is 522 g/mol. The summed E-state index contributed by atoms with van der Waals surface area (Å²) in [6.07, 6.45) is 0.922. The lowest BCUT2D eigenvalue weighted by Crippen LogP contribution is -2.13. The molecule has 1 heterocycles. The molecule has 0 saturated carbocycles. The van der Waals surface area contributed by atoms with Crippen molar-refractivity contribution in [2.75, 3.05) is 0 Å². The highest BCUT2D eigenvalue weighted by Gasteiger charge is 2.26. The number of hydrogen-bond donors (Lipinski definition) is 0. The highest BCUT2D eigenvalue weighted by molar-refractivity contribution is 6.10. The Hall–Kier alpha value is -5.39. The topological polar surface area (TPSA) is 28.7 Å². The van der Waals surface area contributed by atoms with Crippen LogP contribution in [0.1, 0.15) is 28.2 Å². The van der Waals surface area contributed by atoms with E-state index in [2.05, 4.69) is 132 Å². The minimum atomic E-state index is 0.235. The molecule has 0 fully saturated rings. The van der Waals surface area contributed by atoms with Gasteiger partial charge >= 0.3 is 0 Å². The molecular weight excluding hydrogens is 496 g/mol. The number of nitriles is 1. The number of benzene rings is 6. The van der Waals surface area contributed by atoms with E-state index in [1.54, 1.807) is 0 Å². The maximum Gasteiger partial charge on any atom is 0.0991 e. The maximum atomic E-state index is 9.48. The number of hydrogen-bond acceptors (Lipinski definition) is 1. The van der Waals surface area contributed by atoms with Crippen LogP contribution in [0, 0.1) is 11.3 Å². The van der Waals surface area contributed by atoms with Crippen molar-refractivity contribution in [3.05, 3.63) is 162 Å². The molecule has 2 nitrogen and oxygen atoms in total. The quantitative estimate of drug-likeness (QED) is 0.227. The molecule has 0 saturated heterocycles. The van der Waals surface area contributed by atoms with Crippen LogP contribution in [0.4, 0.5) is 0 Å². The van der Waals surface area contributed by atoms with Crippen molar-refractivity contribution in [1.29, 1.82) is 5.26 Å². The zero-order chi connectivity index (χ0) is 27.3. The summed E-state index contributed by atoms with van der Waals surface area (Å²) in [6.45, 7) is 0. The van der Waals surface area contributed by atoms with Gasteiger partial charge in [-0.25, -0.2) is 0 Å². The first-order valence-corrected chi connectivity index (χ1v) is 14.1. The standard InChI is InChI=1S/C39H26N2/c40-25-26-9-8-10-29(21-26)36-24-30-18-17-27(22-35(30)32-13-4-5-14-33(32)36)28-19-20-39-37(23-28)34-15-6-7-16-38(34)41(39)31-11-2-1-3-12-31/h1-23,36H,24H2. The van der Waals surface area contributed by atoms with Gasteiger partial charge in [-0.3, -0.25) is 0 Å². The Bertz CT molecular complexity index is 2140. The second kappa shape index (κ2) is 9.37. The number of nitrogens with zero attached hydrogens (tertiary/aromatic N) is 2. The van der Waals surface area contributed by atoms with E-state index >= 15 is 0 Å². The zero-order valence-electron chi connectivity index (χ0n) is 22.5. The fourth-order valence-corrected chi connectivity index (χ4v) is 6.69. The van der Waals surface area contributed by atoms with Crippen LogP contribution < -0.4 is 0 Å². The minimum Gasteiger partial charge on any atom is -0.309 e. The van der Waals surface area contributed by atoms with Gasteiger partial charge in [0.1, 0.15) is 0 Å².